The van der Waals surface area contributed by atoms with Gasteiger partial charge in [0.05, 0.1) is 19.3 Å². The van der Waals surface area contributed by atoms with Gasteiger partial charge in [-0.2, -0.15) is 13.2 Å². The summed E-state index contributed by atoms with van der Waals surface area (Å²) in [7, 11) is 1.46. The summed E-state index contributed by atoms with van der Waals surface area (Å²) in [5.74, 6) is -1.04. The third kappa shape index (κ3) is 8.04. The minimum Gasteiger partial charge on any atom is -0.493 e. The van der Waals surface area contributed by atoms with Crippen molar-refractivity contribution in [2.75, 3.05) is 33.4 Å². The lowest BCUT2D eigenvalue weighted by atomic mass is 9.79. The molecule has 1 unspecified atom stereocenters. The van der Waals surface area contributed by atoms with Crippen molar-refractivity contribution in [1.29, 1.82) is 0 Å². The van der Waals surface area contributed by atoms with Gasteiger partial charge in [0, 0.05) is 36.5 Å². The molecule has 1 amide bonds. The van der Waals surface area contributed by atoms with E-state index in [9.17, 15) is 18.0 Å². The molecule has 2 N–H and O–H groups in total. The van der Waals surface area contributed by atoms with Crippen LogP contribution in [0.25, 0.3) is 0 Å². The van der Waals surface area contributed by atoms with Crippen molar-refractivity contribution in [3.05, 3.63) is 119 Å². The van der Waals surface area contributed by atoms with Crippen LogP contribution in [0.3, 0.4) is 0 Å². The molecule has 43 heavy (non-hydrogen) atoms. The molecule has 1 aliphatic carbocycles. The van der Waals surface area contributed by atoms with Gasteiger partial charge in [-0.15, -0.1) is 0 Å². The van der Waals surface area contributed by atoms with Crippen LogP contribution in [0.4, 0.5) is 17.6 Å². The van der Waals surface area contributed by atoms with E-state index in [0.29, 0.717) is 31.0 Å². The van der Waals surface area contributed by atoms with Gasteiger partial charge in [0.1, 0.15) is 5.83 Å². The number of alkyl halides is 3. The third-order valence-electron chi connectivity index (χ3n) is 7.67. The van der Waals surface area contributed by atoms with Crippen LogP contribution in [0.15, 0.2) is 102 Å². The molecule has 0 aromatic heterocycles. The molecule has 0 saturated heterocycles. The molecule has 0 bridgehead atoms. The molecule has 1 atom stereocenters. The maximum absolute atomic E-state index is 15.5. The largest absolute Gasteiger partial charge is 0.493 e. The molecule has 0 radical (unpaired) electrons. The topological polar surface area (TPSA) is 64.8 Å². The number of hydrogen-bond acceptors (Lipinski definition) is 4. The third-order valence-corrected chi connectivity index (χ3v) is 7.67. The number of methoxy groups -OCH3 is 1. The van der Waals surface area contributed by atoms with Crippen molar-refractivity contribution < 1.29 is 31.8 Å². The minimum atomic E-state index is -4.78. The first-order valence-corrected chi connectivity index (χ1v) is 14.1. The highest BCUT2D eigenvalue weighted by atomic mass is 19.4. The second-order valence-corrected chi connectivity index (χ2v) is 10.9. The van der Waals surface area contributed by atoms with Gasteiger partial charge >= 0.3 is 6.18 Å². The van der Waals surface area contributed by atoms with Crippen molar-refractivity contribution in [3.63, 3.8) is 0 Å². The lowest BCUT2D eigenvalue weighted by Crippen LogP contribution is -2.41. The predicted molar refractivity (Wildman–Crippen MR) is 159 cm³/mol. The monoisotopic (exact) mass is 596 g/mol. The fourth-order valence-electron chi connectivity index (χ4n) is 5.45. The second kappa shape index (κ2) is 13.9. The van der Waals surface area contributed by atoms with E-state index in [-0.39, 0.29) is 31.1 Å². The number of hydrogen-bond donors (Lipinski definition) is 1. The number of primary amides is 1. The van der Waals surface area contributed by atoms with Crippen molar-refractivity contribution >= 4 is 5.91 Å². The summed E-state index contributed by atoms with van der Waals surface area (Å²) in [6, 6.07) is 24.4. The maximum atomic E-state index is 15.5. The zero-order valence-electron chi connectivity index (χ0n) is 24.2. The highest BCUT2D eigenvalue weighted by Crippen LogP contribution is 2.44. The quantitative estimate of drug-likeness (QED) is 0.165. The molecule has 0 fully saturated rings. The average molecular weight is 597 g/mol. The number of benzene rings is 3. The zero-order chi connectivity index (χ0) is 31.0. The molecule has 0 heterocycles. The van der Waals surface area contributed by atoms with Crippen LogP contribution in [0, 0.1) is 5.41 Å². The summed E-state index contributed by atoms with van der Waals surface area (Å²) in [5, 5.41) is 0. The van der Waals surface area contributed by atoms with Gasteiger partial charge in [0.15, 0.2) is 11.5 Å². The van der Waals surface area contributed by atoms with E-state index in [1.54, 1.807) is 19.1 Å². The molecular formula is C34H36F4N2O3. The number of allylic oxidation sites excluding steroid dienone is 3. The van der Waals surface area contributed by atoms with E-state index in [0.717, 1.165) is 17.2 Å². The Bertz CT molecular complexity index is 1400. The molecule has 3 aromatic rings. The lowest BCUT2D eigenvalue weighted by Gasteiger charge is -2.38. The summed E-state index contributed by atoms with van der Waals surface area (Å²) >= 11 is 0. The van der Waals surface area contributed by atoms with E-state index in [4.69, 9.17) is 15.2 Å². The smallest absolute Gasteiger partial charge is 0.418 e. The minimum absolute atomic E-state index is 0.0789. The van der Waals surface area contributed by atoms with Crippen LogP contribution in [-0.4, -0.2) is 50.3 Å². The van der Waals surface area contributed by atoms with Crippen LogP contribution in [0.1, 0.15) is 47.2 Å². The second-order valence-electron chi connectivity index (χ2n) is 10.9. The Hall–Kier alpha value is -4.11. The Morgan fingerprint density at radius 2 is 1.63 bits per heavy atom. The van der Waals surface area contributed by atoms with Crippen molar-refractivity contribution in [2.24, 2.45) is 11.1 Å². The number of halogens is 4. The predicted octanol–water partition coefficient (Wildman–Crippen LogP) is 7.45. The molecule has 0 aliphatic heterocycles. The van der Waals surface area contributed by atoms with Gasteiger partial charge in [-0.1, -0.05) is 79.7 Å². The molecule has 0 spiro atoms. The Morgan fingerprint density at radius 1 is 1.00 bits per heavy atom. The van der Waals surface area contributed by atoms with E-state index in [1.807, 2.05) is 65.6 Å². The molecule has 5 nitrogen and oxygen atoms in total. The van der Waals surface area contributed by atoms with Gasteiger partial charge in [0.25, 0.3) is 0 Å². The van der Waals surface area contributed by atoms with Crippen LogP contribution < -0.4 is 15.2 Å². The highest BCUT2D eigenvalue weighted by Gasteiger charge is 2.44. The van der Waals surface area contributed by atoms with Gasteiger partial charge < -0.3 is 20.1 Å². The average Bonchev–Trinajstić information content (AvgIpc) is 2.99. The first-order chi connectivity index (χ1) is 20.5. The number of nitrogens with two attached hydrogens (primary N) is 1. The summed E-state index contributed by atoms with van der Waals surface area (Å²) < 4.78 is 67.8. The summed E-state index contributed by atoms with van der Waals surface area (Å²) in [5.41, 5.74) is 5.17. The number of ether oxygens (including phenoxy) is 2. The Kier molecular flexibility index (Phi) is 10.3. The van der Waals surface area contributed by atoms with Crippen molar-refractivity contribution in [2.45, 2.75) is 31.9 Å². The number of carbonyl (C=O) groups excluding carboxylic acids is 1. The first kappa shape index (κ1) is 31.8. The molecule has 9 heteroatoms. The van der Waals surface area contributed by atoms with E-state index in [1.165, 1.54) is 19.3 Å². The van der Waals surface area contributed by atoms with Crippen LogP contribution in [0.5, 0.6) is 11.5 Å². The van der Waals surface area contributed by atoms with E-state index < -0.39 is 28.9 Å². The molecular weight excluding hydrogens is 560 g/mol. The fourth-order valence-corrected chi connectivity index (χ4v) is 5.45. The molecule has 4 rings (SSSR count). The zero-order valence-corrected chi connectivity index (χ0v) is 24.2. The lowest BCUT2D eigenvalue weighted by molar-refractivity contribution is -0.0921. The van der Waals surface area contributed by atoms with Crippen molar-refractivity contribution in [1.82, 2.24) is 4.90 Å². The molecule has 228 valence electrons. The fraction of sp³-hybridized carbons (Fsp3) is 0.324. The van der Waals surface area contributed by atoms with Gasteiger partial charge in [-0.25, -0.2) is 4.39 Å². The highest BCUT2D eigenvalue weighted by molar-refractivity contribution is 5.93. The number of rotatable bonds is 13. The standard InChI is InChI=1S/C34H36F4N2O3/c1-33(18-9-15-28(31(33)35)34(36,37)38)23-40(19-10-20-43-29-17-16-26(32(39)41)21-30(29)42-2)22-27(24-11-5-3-6-12-24)25-13-7-4-8-14-25/h3-9,11-17,21,27H,10,18-20,22-23H2,1-2H3,(H2,39,41). The van der Waals surface area contributed by atoms with Crippen LogP contribution in [0.2, 0.25) is 0 Å². The van der Waals surface area contributed by atoms with Gasteiger partial charge in [-0.3, -0.25) is 4.79 Å². The summed E-state index contributed by atoms with van der Waals surface area (Å²) in [6.45, 7) is 2.78. The Morgan fingerprint density at radius 3 is 2.19 bits per heavy atom. The molecule has 0 saturated carbocycles. The Labute approximate surface area is 249 Å². The van der Waals surface area contributed by atoms with Crippen LogP contribution >= 0.6 is 0 Å². The van der Waals surface area contributed by atoms with Gasteiger partial charge in [-0.05, 0) is 42.2 Å². The van der Waals surface area contributed by atoms with Gasteiger partial charge in [0.2, 0.25) is 5.91 Å². The van der Waals surface area contributed by atoms with E-state index in [2.05, 4.69) is 0 Å². The van der Waals surface area contributed by atoms with E-state index >= 15 is 4.39 Å². The SMILES string of the molecule is COc1cc(C(N)=O)ccc1OCCCN(CC(c1ccccc1)c1ccccc1)CC1(C)CC=CC(C(F)(F)F)=C1F. The first-order valence-electron chi connectivity index (χ1n) is 14.1. The number of nitrogens with zero attached hydrogens (tertiary/aromatic N) is 1. The number of amides is 1. The Balaban J connectivity index is 1.58. The molecule has 1 aliphatic rings. The maximum Gasteiger partial charge on any atom is 0.418 e. The summed E-state index contributed by atoms with van der Waals surface area (Å²) in [6.07, 6.45) is -1.89. The summed E-state index contributed by atoms with van der Waals surface area (Å²) in [4.78, 5) is 13.5. The van der Waals surface area contributed by atoms with Crippen LogP contribution in [-0.2, 0) is 0 Å². The number of carbonyl (C=O) groups is 1. The van der Waals surface area contributed by atoms with Crippen molar-refractivity contribution in [3.8, 4) is 11.5 Å². The molecule has 3 aromatic carbocycles. The normalized spacial score (nSPS) is 17.0.